The van der Waals surface area contributed by atoms with E-state index in [-0.39, 0.29) is 5.92 Å². The zero-order valence-electron chi connectivity index (χ0n) is 23.3. The number of hydrogen-bond acceptors (Lipinski definition) is 5. The first-order valence-electron chi connectivity index (χ1n) is 14.3. The molecule has 2 aromatic heterocycles. The second-order valence-corrected chi connectivity index (χ2v) is 10.5. The summed E-state index contributed by atoms with van der Waals surface area (Å²) in [7, 11) is 0. The Bertz CT molecular complexity index is 1470. The van der Waals surface area contributed by atoms with Crippen LogP contribution in [0.4, 0.5) is 11.6 Å². The van der Waals surface area contributed by atoms with E-state index in [1.54, 1.807) is 6.20 Å². The summed E-state index contributed by atoms with van der Waals surface area (Å²) in [5, 5.41) is 8.52. The minimum atomic E-state index is 0.0876. The van der Waals surface area contributed by atoms with Crippen LogP contribution >= 0.6 is 0 Å². The fourth-order valence-electron chi connectivity index (χ4n) is 5.50. The number of carbonyl (C=O) groups excluding carboxylic acids is 1. The Labute approximate surface area is 236 Å². The van der Waals surface area contributed by atoms with Crippen molar-refractivity contribution in [1.29, 1.82) is 0 Å². The van der Waals surface area contributed by atoms with E-state index in [1.807, 2.05) is 60.1 Å². The van der Waals surface area contributed by atoms with Crippen LogP contribution in [0.5, 0.6) is 0 Å². The first-order chi connectivity index (χ1) is 19.6. The lowest BCUT2D eigenvalue weighted by Crippen LogP contribution is -2.16. The number of benzene rings is 2. The van der Waals surface area contributed by atoms with Crippen molar-refractivity contribution in [2.24, 2.45) is 5.92 Å². The molecule has 2 heterocycles. The quantitative estimate of drug-likeness (QED) is 0.210. The van der Waals surface area contributed by atoms with Gasteiger partial charge < -0.3 is 5.32 Å². The Kier molecular flexibility index (Phi) is 8.96. The largest absolute Gasteiger partial charge is 0.324 e. The molecule has 6 nitrogen and oxygen atoms in total. The minimum absolute atomic E-state index is 0.0876. The zero-order valence-corrected chi connectivity index (χ0v) is 23.3. The number of allylic oxidation sites excluding steroid dienone is 4. The molecular weight excluding hydrogens is 494 g/mol. The van der Waals surface area contributed by atoms with Crippen molar-refractivity contribution in [3.63, 3.8) is 0 Å². The number of ketones is 1. The maximum atomic E-state index is 12.2. The number of carbonyl (C=O) groups is 1. The van der Waals surface area contributed by atoms with Crippen LogP contribution in [0.15, 0.2) is 97.2 Å². The van der Waals surface area contributed by atoms with E-state index < -0.39 is 0 Å². The maximum Gasteiger partial charge on any atom is 0.229 e. The Hall–Kier alpha value is -4.32. The number of Topliss-reactive ketones (excluding diaryl/α,β-unsaturated/α-hetero) is 1. The lowest BCUT2D eigenvalue weighted by Gasteiger charge is -2.21. The van der Waals surface area contributed by atoms with Crippen LogP contribution in [-0.2, 0) is 11.2 Å². The van der Waals surface area contributed by atoms with E-state index in [2.05, 4.69) is 59.7 Å². The molecule has 1 saturated carbocycles. The Balaban J connectivity index is 1.59. The molecule has 40 heavy (non-hydrogen) atoms. The van der Waals surface area contributed by atoms with Crippen molar-refractivity contribution in [3.8, 4) is 17.1 Å². The van der Waals surface area contributed by atoms with Gasteiger partial charge in [0.2, 0.25) is 5.95 Å². The van der Waals surface area contributed by atoms with E-state index in [1.165, 1.54) is 5.56 Å². The molecule has 0 bridgehead atoms. The number of anilines is 2. The van der Waals surface area contributed by atoms with Gasteiger partial charge >= 0.3 is 0 Å². The van der Waals surface area contributed by atoms with Crippen LogP contribution in [0.2, 0.25) is 0 Å². The fraction of sp³-hybridized carbons (Fsp3) is 0.294. The van der Waals surface area contributed by atoms with Gasteiger partial charge in [0, 0.05) is 47.8 Å². The molecule has 4 aromatic rings. The number of hydrogen-bond donors (Lipinski definition) is 1. The molecule has 1 aliphatic rings. The summed E-state index contributed by atoms with van der Waals surface area (Å²) in [5.41, 5.74) is 5.32. The maximum absolute atomic E-state index is 12.2. The SMILES string of the molecule is C/C=C\C=C/C(C)c1c(CC[C@@H]2CCCC(=O)C2)c(-c2ccccc2)nn1-c1ccnc(Nc2ccccc2)n1. The van der Waals surface area contributed by atoms with Crippen molar-refractivity contribution < 1.29 is 4.79 Å². The molecule has 0 saturated heterocycles. The molecule has 0 amide bonds. The van der Waals surface area contributed by atoms with Gasteiger partial charge in [-0.3, -0.25) is 4.79 Å². The lowest BCUT2D eigenvalue weighted by molar-refractivity contribution is -0.121. The summed E-state index contributed by atoms with van der Waals surface area (Å²) >= 11 is 0. The highest BCUT2D eigenvalue weighted by atomic mass is 16.1. The van der Waals surface area contributed by atoms with Gasteiger partial charge in [-0.1, -0.05) is 79.8 Å². The first kappa shape index (κ1) is 27.3. The molecule has 204 valence electrons. The van der Waals surface area contributed by atoms with Crippen LogP contribution in [0, 0.1) is 5.92 Å². The number of aromatic nitrogens is 4. The van der Waals surface area contributed by atoms with Gasteiger partial charge in [-0.2, -0.15) is 10.1 Å². The van der Waals surface area contributed by atoms with Crippen LogP contribution < -0.4 is 5.32 Å². The second-order valence-electron chi connectivity index (χ2n) is 10.5. The predicted octanol–water partition coefficient (Wildman–Crippen LogP) is 8.00. The van der Waals surface area contributed by atoms with Gasteiger partial charge in [0.05, 0.1) is 11.4 Å². The van der Waals surface area contributed by atoms with E-state index in [9.17, 15) is 4.79 Å². The fourth-order valence-corrected chi connectivity index (χ4v) is 5.50. The second kappa shape index (κ2) is 13.2. The van der Waals surface area contributed by atoms with Crippen molar-refractivity contribution in [1.82, 2.24) is 19.7 Å². The van der Waals surface area contributed by atoms with Gasteiger partial charge in [0.15, 0.2) is 5.82 Å². The zero-order chi connectivity index (χ0) is 27.7. The van der Waals surface area contributed by atoms with Gasteiger partial charge in [-0.05, 0) is 50.7 Å². The van der Waals surface area contributed by atoms with Crippen molar-refractivity contribution in [3.05, 3.63) is 108 Å². The molecular formula is C34H37N5O. The summed E-state index contributed by atoms with van der Waals surface area (Å²) < 4.78 is 1.99. The summed E-state index contributed by atoms with van der Waals surface area (Å²) in [5.74, 6) is 2.15. The van der Waals surface area contributed by atoms with Crippen molar-refractivity contribution in [2.75, 3.05) is 5.32 Å². The average Bonchev–Trinajstić information content (AvgIpc) is 3.37. The van der Waals surface area contributed by atoms with E-state index in [0.29, 0.717) is 29.9 Å². The van der Waals surface area contributed by atoms with Gasteiger partial charge in [-0.25, -0.2) is 9.67 Å². The average molecular weight is 532 g/mol. The number of rotatable bonds is 10. The Morgan fingerprint density at radius 1 is 1.05 bits per heavy atom. The molecule has 0 spiro atoms. The highest BCUT2D eigenvalue weighted by Gasteiger charge is 2.26. The molecule has 1 aliphatic carbocycles. The molecule has 2 atom stereocenters. The highest BCUT2D eigenvalue weighted by molar-refractivity contribution is 5.79. The summed E-state index contributed by atoms with van der Waals surface area (Å²) in [6.07, 6.45) is 15.5. The third-order valence-electron chi connectivity index (χ3n) is 7.48. The predicted molar refractivity (Wildman–Crippen MR) is 162 cm³/mol. The third kappa shape index (κ3) is 6.63. The third-order valence-corrected chi connectivity index (χ3v) is 7.48. The van der Waals surface area contributed by atoms with E-state index >= 15 is 0 Å². The number of nitrogens with one attached hydrogen (secondary N) is 1. The molecule has 0 radical (unpaired) electrons. The standard InChI is InChI=1S/C34H37N5O/c1-3-4-7-13-25(2)33-30(21-20-26-14-12-19-29(40)24-26)32(27-15-8-5-9-16-27)38-39(33)31-22-23-35-34(37-31)36-28-17-10-6-11-18-28/h3-11,13,15-18,22-23,25-26H,12,14,19-21,24H2,1-2H3,(H,35,36,37)/b4-3-,13-7-/t25?,26-/m0/s1. The number of nitrogens with zero attached hydrogens (tertiary/aromatic N) is 4. The number of para-hydroxylation sites is 1. The summed E-state index contributed by atoms with van der Waals surface area (Å²) in [6, 6.07) is 22.2. The topological polar surface area (TPSA) is 72.7 Å². The molecule has 1 fully saturated rings. The van der Waals surface area contributed by atoms with Crippen molar-refractivity contribution >= 4 is 17.4 Å². The molecule has 1 unspecified atom stereocenters. The summed E-state index contributed by atoms with van der Waals surface area (Å²) in [6.45, 7) is 4.23. The van der Waals surface area contributed by atoms with Crippen LogP contribution in [0.1, 0.15) is 63.1 Å². The molecule has 0 aliphatic heterocycles. The van der Waals surface area contributed by atoms with Crippen LogP contribution in [0.3, 0.4) is 0 Å². The highest BCUT2D eigenvalue weighted by Crippen LogP contribution is 2.35. The van der Waals surface area contributed by atoms with E-state index in [4.69, 9.17) is 10.1 Å². The van der Waals surface area contributed by atoms with Crippen LogP contribution in [0.25, 0.3) is 17.1 Å². The Morgan fingerprint density at radius 3 is 2.58 bits per heavy atom. The van der Waals surface area contributed by atoms with Gasteiger partial charge in [0.1, 0.15) is 5.78 Å². The van der Waals surface area contributed by atoms with E-state index in [0.717, 1.165) is 54.7 Å². The molecule has 1 N–H and O–H groups in total. The molecule has 2 aromatic carbocycles. The first-order valence-corrected chi connectivity index (χ1v) is 14.3. The van der Waals surface area contributed by atoms with Crippen LogP contribution in [-0.4, -0.2) is 25.5 Å². The summed E-state index contributed by atoms with van der Waals surface area (Å²) in [4.78, 5) is 21.5. The van der Waals surface area contributed by atoms with Crippen molar-refractivity contribution in [2.45, 2.75) is 58.3 Å². The molecule has 6 heteroatoms. The monoisotopic (exact) mass is 531 g/mol. The minimum Gasteiger partial charge on any atom is -0.324 e. The normalized spacial score (nSPS) is 16.6. The smallest absolute Gasteiger partial charge is 0.229 e. The van der Waals surface area contributed by atoms with Gasteiger partial charge in [-0.15, -0.1) is 0 Å². The Morgan fingerprint density at radius 2 is 1.82 bits per heavy atom. The molecule has 5 rings (SSSR count). The van der Waals surface area contributed by atoms with Gasteiger partial charge in [0.25, 0.3) is 0 Å². The lowest BCUT2D eigenvalue weighted by atomic mass is 9.83.